The molecule has 0 aliphatic heterocycles. The van der Waals surface area contributed by atoms with Crippen molar-refractivity contribution in [1.29, 1.82) is 0 Å². The minimum atomic E-state index is -0.122. The number of nitrogens with zero attached hydrogens (tertiary/aromatic N) is 8. The molecule has 0 spiro atoms. The van der Waals surface area contributed by atoms with Crippen molar-refractivity contribution in [1.82, 2.24) is 39.7 Å². The first-order chi connectivity index (χ1) is 15.2. The Morgan fingerprint density at radius 3 is 2.55 bits per heavy atom. The average Bonchev–Trinajstić information content (AvgIpc) is 3.36. The van der Waals surface area contributed by atoms with Crippen LogP contribution in [-0.4, -0.2) is 39.7 Å². The lowest BCUT2D eigenvalue weighted by atomic mass is 9.95. The van der Waals surface area contributed by atoms with E-state index in [-0.39, 0.29) is 11.2 Å². The Bertz CT molecular complexity index is 1410. The van der Waals surface area contributed by atoms with Gasteiger partial charge < -0.3 is 5.73 Å². The van der Waals surface area contributed by atoms with E-state index in [4.69, 9.17) is 20.8 Å². The molecule has 0 radical (unpaired) electrons. The van der Waals surface area contributed by atoms with E-state index in [0.717, 1.165) is 29.7 Å². The molecule has 0 unspecified atom stereocenters. The first kappa shape index (κ1) is 17.7. The van der Waals surface area contributed by atoms with Crippen LogP contribution in [0.25, 0.3) is 28.4 Å². The van der Waals surface area contributed by atoms with Crippen molar-refractivity contribution in [2.24, 2.45) is 7.05 Å². The molecule has 1 saturated carbocycles. The van der Waals surface area contributed by atoms with Crippen LogP contribution in [0.3, 0.4) is 0 Å². The van der Waals surface area contributed by atoms with Crippen molar-refractivity contribution >= 4 is 16.9 Å². The molecular formula is C22H19N9. The second-order valence-corrected chi connectivity index (χ2v) is 7.78. The summed E-state index contributed by atoms with van der Waals surface area (Å²) in [6.45, 7) is 0. The molecule has 152 valence electrons. The number of hydrogen-bond donors (Lipinski definition) is 1. The minimum Gasteiger partial charge on any atom is -0.381 e. The summed E-state index contributed by atoms with van der Waals surface area (Å²) in [6, 6.07) is 18.0. The fraction of sp³-hybridized carbons (Fsp3) is 0.182. The molecule has 0 atom stereocenters. The fourth-order valence-electron chi connectivity index (χ4n) is 4.01. The molecule has 2 aromatic carbocycles. The highest BCUT2D eigenvalue weighted by Crippen LogP contribution is 2.52. The molecule has 3 heterocycles. The van der Waals surface area contributed by atoms with Crippen LogP contribution in [0.15, 0.2) is 60.8 Å². The summed E-state index contributed by atoms with van der Waals surface area (Å²) in [5, 5.41) is 13.1. The maximum Gasteiger partial charge on any atom is 0.199 e. The average molecular weight is 409 g/mol. The van der Waals surface area contributed by atoms with E-state index in [9.17, 15) is 0 Å². The third kappa shape index (κ3) is 2.70. The van der Waals surface area contributed by atoms with Gasteiger partial charge in [0.15, 0.2) is 23.3 Å². The highest BCUT2D eigenvalue weighted by molar-refractivity contribution is 5.76. The van der Waals surface area contributed by atoms with E-state index in [1.165, 1.54) is 5.56 Å². The second-order valence-electron chi connectivity index (χ2n) is 7.78. The molecule has 0 bridgehead atoms. The minimum absolute atomic E-state index is 0.122. The van der Waals surface area contributed by atoms with Gasteiger partial charge in [0.2, 0.25) is 0 Å². The van der Waals surface area contributed by atoms with Crippen LogP contribution in [0.2, 0.25) is 0 Å². The number of aryl methyl sites for hydroxylation is 1. The van der Waals surface area contributed by atoms with Crippen LogP contribution < -0.4 is 5.73 Å². The Hall–Kier alpha value is -4.14. The van der Waals surface area contributed by atoms with Crippen LogP contribution in [0.5, 0.6) is 0 Å². The number of nitrogens with two attached hydrogens (primary N) is 1. The Morgan fingerprint density at radius 2 is 1.74 bits per heavy atom. The molecule has 6 rings (SSSR count). The molecule has 5 aromatic rings. The lowest BCUT2D eigenvalue weighted by Gasteiger charge is -2.10. The molecule has 31 heavy (non-hydrogen) atoms. The molecule has 1 aliphatic carbocycles. The lowest BCUT2D eigenvalue weighted by molar-refractivity contribution is 0.700. The van der Waals surface area contributed by atoms with Gasteiger partial charge in [-0.2, -0.15) is 9.78 Å². The molecule has 9 heteroatoms. The van der Waals surface area contributed by atoms with Gasteiger partial charge in [0.05, 0.1) is 17.1 Å². The summed E-state index contributed by atoms with van der Waals surface area (Å²) in [5.74, 6) is 2.13. The first-order valence-electron chi connectivity index (χ1n) is 10.1. The van der Waals surface area contributed by atoms with Gasteiger partial charge in [-0.1, -0.05) is 47.7 Å². The number of hydrogen-bond acceptors (Lipinski definition) is 7. The van der Waals surface area contributed by atoms with Crippen molar-refractivity contribution in [2.45, 2.75) is 18.3 Å². The van der Waals surface area contributed by atoms with E-state index in [1.54, 1.807) is 15.6 Å². The smallest absolute Gasteiger partial charge is 0.199 e. The predicted molar refractivity (Wildman–Crippen MR) is 115 cm³/mol. The number of fused-ring (bicyclic) bond motifs is 1. The molecule has 2 N–H and O–H groups in total. The number of nitrogen functional groups attached to an aromatic ring is 1. The molecule has 0 saturated heterocycles. The zero-order chi connectivity index (χ0) is 21.0. The zero-order valence-corrected chi connectivity index (χ0v) is 16.8. The molecule has 3 aromatic heterocycles. The maximum absolute atomic E-state index is 6.14. The van der Waals surface area contributed by atoms with Gasteiger partial charge in [0.1, 0.15) is 11.2 Å². The molecule has 0 amide bonds. The number of aromatic nitrogens is 8. The Labute approximate surface area is 177 Å². The predicted octanol–water partition coefficient (Wildman–Crippen LogP) is 2.67. The summed E-state index contributed by atoms with van der Waals surface area (Å²) in [4.78, 5) is 14.0. The maximum atomic E-state index is 6.14. The summed E-state index contributed by atoms with van der Waals surface area (Å²) < 4.78 is 3.35. The Morgan fingerprint density at radius 1 is 0.968 bits per heavy atom. The van der Waals surface area contributed by atoms with Gasteiger partial charge in [-0.25, -0.2) is 19.6 Å². The van der Waals surface area contributed by atoms with Gasteiger partial charge in [0.25, 0.3) is 0 Å². The largest absolute Gasteiger partial charge is 0.381 e. The highest BCUT2D eigenvalue weighted by atomic mass is 15.5. The number of benzene rings is 2. The molecule has 1 aliphatic rings. The van der Waals surface area contributed by atoms with Crippen LogP contribution >= 0.6 is 0 Å². The topological polar surface area (TPSA) is 113 Å². The quantitative estimate of drug-likeness (QED) is 0.485. The second kappa shape index (κ2) is 6.43. The van der Waals surface area contributed by atoms with Gasteiger partial charge in [-0.05, 0) is 30.5 Å². The SMILES string of the molecule is Cn1nc(C2(c3ccccc3)CC2)nc1-c1cnc(N)c(-n2nnc3ccccc32)n1. The van der Waals surface area contributed by atoms with E-state index in [0.29, 0.717) is 17.3 Å². The third-order valence-electron chi connectivity index (χ3n) is 5.83. The zero-order valence-electron chi connectivity index (χ0n) is 16.8. The van der Waals surface area contributed by atoms with Crippen molar-refractivity contribution < 1.29 is 0 Å². The van der Waals surface area contributed by atoms with E-state index < -0.39 is 0 Å². The summed E-state index contributed by atoms with van der Waals surface area (Å²) in [7, 11) is 1.87. The van der Waals surface area contributed by atoms with Gasteiger partial charge in [-0.15, -0.1) is 5.10 Å². The normalized spacial score (nSPS) is 14.7. The number of anilines is 1. The standard InChI is InChI=1S/C22H19N9/c1-30-19(26-21(28-30)22(11-12-22)14-7-3-2-4-8-14)16-13-24-18(23)20(25-16)31-17-10-6-5-9-15(17)27-29-31/h2-10,13H,11-12H2,1H3,(H2,23,24). The molecular weight excluding hydrogens is 390 g/mol. The van der Waals surface area contributed by atoms with Crippen molar-refractivity contribution in [3.8, 4) is 17.3 Å². The van der Waals surface area contributed by atoms with Crippen molar-refractivity contribution in [2.75, 3.05) is 5.73 Å². The van der Waals surface area contributed by atoms with Crippen LogP contribution in [0.4, 0.5) is 5.82 Å². The van der Waals surface area contributed by atoms with Crippen molar-refractivity contribution in [3.05, 3.63) is 72.2 Å². The summed E-state index contributed by atoms with van der Waals surface area (Å²) in [6.07, 6.45) is 3.68. The first-order valence-corrected chi connectivity index (χ1v) is 10.1. The Kier molecular flexibility index (Phi) is 3.67. The van der Waals surface area contributed by atoms with E-state index in [2.05, 4.69) is 39.6 Å². The molecule has 9 nitrogen and oxygen atoms in total. The van der Waals surface area contributed by atoms with Gasteiger partial charge in [-0.3, -0.25) is 0 Å². The van der Waals surface area contributed by atoms with Crippen LogP contribution in [0.1, 0.15) is 24.2 Å². The summed E-state index contributed by atoms with van der Waals surface area (Å²) in [5.41, 5.74) is 9.40. The van der Waals surface area contributed by atoms with E-state index >= 15 is 0 Å². The monoisotopic (exact) mass is 409 g/mol. The van der Waals surface area contributed by atoms with E-state index in [1.807, 2.05) is 37.4 Å². The summed E-state index contributed by atoms with van der Waals surface area (Å²) >= 11 is 0. The Balaban J connectivity index is 1.45. The van der Waals surface area contributed by atoms with Gasteiger partial charge >= 0.3 is 0 Å². The van der Waals surface area contributed by atoms with Crippen molar-refractivity contribution in [3.63, 3.8) is 0 Å². The number of rotatable bonds is 4. The number of para-hydroxylation sites is 1. The third-order valence-corrected chi connectivity index (χ3v) is 5.83. The highest BCUT2D eigenvalue weighted by Gasteiger charge is 2.49. The van der Waals surface area contributed by atoms with Crippen LogP contribution in [0, 0.1) is 0 Å². The molecule has 1 fully saturated rings. The van der Waals surface area contributed by atoms with Crippen LogP contribution in [-0.2, 0) is 12.5 Å². The fourth-order valence-corrected chi connectivity index (χ4v) is 4.01. The van der Waals surface area contributed by atoms with Gasteiger partial charge in [0, 0.05) is 7.05 Å². The lowest BCUT2D eigenvalue weighted by Crippen LogP contribution is -2.11.